The first-order valence-corrected chi connectivity index (χ1v) is 5.73. The summed E-state index contributed by atoms with van der Waals surface area (Å²) in [4.78, 5) is 24.2. The van der Waals surface area contributed by atoms with Crippen molar-refractivity contribution >= 4 is 12.0 Å². The van der Waals surface area contributed by atoms with Crippen LogP contribution in [-0.2, 0) is 4.79 Å². The van der Waals surface area contributed by atoms with Crippen LogP contribution in [0.25, 0.3) is 0 Å². The van der Waals surface area contributed by atoms with Gasteiger partial charge >= 0.3 is 12.0 Å². The molecule has 0 spiro atoms. The number of rotatable bonds is 5. The van der Waals surface area contributed by atoms with Gasteiger partial charge in [0.25, 0.3) is 0 Å². The lowest BCUT2D eigenvalue weighted by molar-refractivity contribution is -0.139. The molecule has 1 fully saturated rings. The molecule has 2 unspecified atom stereocenters. The maximum Gasteiger partial charge on any atom is 0.326 e. The molecule has 0 aromatic heterocycles. The van der Waals surface area contributed by atoms with E-state index in [1.807, 2.05) is 13.8 Å². The number of carboxylic acid groups (broad SMARTS) is 1. The zero-order chi connectivity index (χ0) is 12.3. The van der Waals surface area contributed by atoms with E-state index in [-0.39, 0.29) is 18.0 Å². The van der Waals surface area contributed by atoms with Gasteiger partial charge in [0, 0.05) is 13.1 Å². The van der Waals surface area contributed by atoms with Gasteiger partial charge in [-0.1, -0.05) is 6.92 Å². The van der Waals surface area contributed by atoms with E-state index in [2.05, 4.69) is 5.32 Å². The second-order valence-electron chi connectivity index (χ2n) is 4.47. The molecule has 92 valence electrons. The van der Waals surface area contributed by atoms with Gasteiger partial charge in [-0.3, -0.25) is 0 Å². The first-order chi connectivity index (χ1) is 7.47. The molecular formula is C11H20N2O3. The van der Waals surface area contributed by atoms with E-state index in [1.54, 1.807) is 11.9 Å². The van der Waals surface area contributed by atoms with E-state index in [9.17, 15) is 9.59 Å². The number of aliphatic carboxylic acids is 1. The molecule has 0 bridgehead atoms. The van der Waals surface area contributed by atoms with Crippen molar-refractivity contribution in [2.24, 2.45) is 5.92 Å². The molecule has 2 N–H and O–H groups in total. The standard InChI is InChI=1S/C11H20N2O3/c1-4-7(2)13(3)11(16)12-9(10(14)15)8-5-6-8/h7-9H,4-6H2,1-3H3,(H,12,16)(H,14,15). The van der Waals surface area contributed by atoms with E-state index in [0.29, 0.717) is 0 Å². The Hall–Kier alpha value is -1.26. The summed E-state index contributed by atoms with van der Waals surface area (Å²) in [5.74, 6) is -0.819. The van der Waals surface area contributed by atoms with Crippen molar-refractivity contribution in [2.45, 2.75) is 45.2 Å². The van der Waals surface area contributed by atoms with Crippen molar-refractivity contribution in [3.8, 4) is 0 Å². The smallest absolute Gasteiger partial charge is 0.326 e. The lowest BCUT2D eigenvalue weighted by atomic mass is 10.2. The summed E-state index contributed by atoms with van der Waals surface area (Å²) in [5.41, 5.74) is 0. The summed E-state index contributed by atoms with van der Waals surface area (Å²) in [7, 11) is 1.69. The van der Waals surface area contributed by atoms with Crippen molar-refractivity contribution in [3.05, 3.63) is 0 Å². The van der Waals surface area contributed by atoms with Gasteiger partial charge in [0.2, 0.25) is 0 Å². The predicted octanol–water partition coefficient (Wildman–Crippen LogP) is 1.29. The topological polar surface area (TPSA) is 69.6 Å². The van der Waals surface area contributed by atoms with Crippen molar-refractivity contribution in [1.82, 2.24) is 10.2 Å². The van der Waals surface area contributed by atoms with Gasteiger partial charge in [-0.05, 0) is 32.1 Å². The predicted molar refractivity (Wildman–Crippen MR) is 60.2 cm³/mol. The molecule has 5 nitrogen and oxygen atoms in total. The number of hydrogen-bond acceptors (Lipinski definition) is 2. The largest absolute Gasteiger partial charge is 0.480 e. The van der Waals surface area contributed by atoms with Crippen LogP contribution >= 0.6 is 0 Å². The molecule has 2 atom stereocenters. The van der Waals surface area contributed by atoms with Crippen LogP contribution in [0.5, 0.6) is 0 Å². The van der Waals surface area contributed by atoms with Crippen LogP contribution in [0.1, 0.15) is 33.1 Å². The Morgan fingerprint density at radius 1 is 1.50 bits per heavy atom. The van der Waals surface area contributed by atoms with Gasteiger partial charge in [-0.15, -0.1) is 0 Å². The third-order valence-corrected chi connectivity index (χ3v) is 3.21. The Morgan fingerprint density at radius 3 is 2.44 bits per heavy atom. The minimum atomic E-state index is -0.937. The Bertz CT molecular complexity index is 276. The van der Waals surface area contributed by atoms with Crippen LogP contribution in [0.2, 0.25) is 0 Å². The Labute approximate surface area is 95.8 Å². The zero-order valence-corrected chi connectivity index (χ0v) is 10.1. The lowest BCUT2D eigenvalue weighted by Gasteiger charge is -2.26. The van der Waals surface area contributed by atoms with Gasteiger partial charge in [0.15, 0.2) is 0 Å². The summed E-state index contributed by atoms with van der Waals surface area (Å²) in [6, 6.07) is -0.902. The molecular weight excluding hydrogens is 208 g/mol. The number of urea groups is 1. The van der Waals surface area contributed by atoms with Crippen molar-refractivity contribution in [3.63, 3.8) is 0 Å². The monoisotopic (exact) mass is 228 g/mol. The molecule has 1 aliphatic rings. The van der Waals surface area contributed by atoms with Crippen LogP contribution in [0, 0.1) is 5.92 Å². The van der Waals surface area contributed by atoms with Crippen molar-refractivity contribution in [2.75, 3.05) is 7.05 Å². The number of hydrogen-bond donors (Lipinski definition) is 2. The molecule has 1 rings (SSSR count). The van der Waals surface area contributed by atoms with Gasteiger partial charge < -0.3 is 15.3 Å². The lowest BCUT2D eigenvalue weighted by Crippen LogP contribution is -2.49. The van der Waals surface area contributed by atoms with E-state index in [0.717, 1.165) is 19.3 Å². The van der Waals surface area contributed by atoms with Crippen LogP contribution in [-0.4, -0.2) is 41.1 Å². The molecule has 1 aliphatic carbocycles. The fourth-order valence-corrected chi connectivity index (χ4v) is 1.52. The molecule has 0 aliphatic heterocycles. The molecule has 0 heterocycles. The maximum atomic E-state index is 11.7. The first kappa shape index (κ1) is 12.8. The number of carbonyl (C=O) groups is 2. The molecule has 2 amide bonds. The number of amides is 2. The number of carbonyl (C=O) groups excluding carboxylic acids is 1. The Balaban J connectivity index is 2.51. The van der Waals surface area contributed by atoms with Crippen LogP contribution < -0.4 is 5.32 Å². The highest BCUT2D eigenvalue weighted by Gasteiger charge is 2.37. The normalized spacial score (nSPS) is 18.7. The zero-order valence-electron chi connectivity index (χ0n) is 10.1. The molecule has 16 heavy (non-hydrogen) atoms. The minimum Gasteiger partial charge on any atom is -0.480 e. The highest BCUT2D eigenvalue weighted by Crippen LogP contribution is 2.32. The summed E-state index contributed by atoms with van der Waals surface area (Å²) in [6.07, 6.45) is 2.64. The fourth-order valence-electron chi connectivity index (χ4n) is 1.52. The summed E-state index contributed by atoms with van der Waals surface area (Å²) in [6.45, 7) is 3.93. The summed E-state index contributed by atoms with van der Waals surface area (Å²) < 4.78 is 0. The summed E-state index contributed by atoms with van der Waals surface area (Å²) >= 11 is 0. The number of nitrogens with one attached hydrogen (secondary N) is 1. The van der Waals surface area contributed by atoms with Crippen molar-refractivity contribution in [1.29, 1.82) is 0 Å². The number of carboxylic acids is 1. The third-order valence-electron chi connectivity index (χ3n) is 3.21. The molecule has 0 aromatic carbocycles. The third kappa shape index (κ3) is 3.12. The molecule has 0 saturated heterocycles. The highest BCUT2D eigenvalue weighted by molar-refractivity contribution is 5.83. The Kier molecular flexibility index (Phi) is 4.15. The van der Waals surface area contributed by atoms with Crippen LogP contribution in [0.3, 0.4) is 0 Å². The quantitative estimate of drug-likeness (QED) is 0.745. The van der Waals surface area contributed by atoms with Gasteiger partial charge in [-0.25, -0.2) is 9.59 Å². The second kappa shape index (κ2) is 5.18. The van der Waals surface area contributed by atoms with Crippen LogP contribution in [0.15, 0.2) is 0 Å². The molecule has 5 heteroatoms. The SMILES string of the molecule is CCC(C)N(C)C(=O)NC(C(=O)O)C1CC1. The van der Waals surface area contributed by atoms with E-state index < -0.39 is 12.0 Å². The maximum absolute atomic E-state index is 11.7. The van der Waals surface area contributed by atoms with E-state index in [4.69, 9.17) is 5.11 Å². The van der Waals surface area contributed by atoms with E-state index in [1.165, 1.54) is 0 Å². The van der Waals surface area contributed by atoms with Gasteiger partial charge in [0.1, 0.15) is 6.04 Å². The molecule has 0 aromatic rings. The minimum absolute atomic E-state index is 0.117. The average Bonchev–Trinajstić information content (AvgIpc) is 3.06. The second-order valence-corrected chi connectivity index (χ2v) is 4.47. The van der Waals surface area contributed by atoms with Gasteiger partial charge in [0.05, 0.1) is 0 Å². The average molecular weight is 228 g/mol. The fraction of sp³-hybridized carbons (Fsp3) is 0.818. The Morgan fingerprint density at radius 2 is 2.06 bits per heavy atom. The highest BCUT2D eigenvalue weighted by atomic mass is 16.4. The summed E-state index contributed by atoms with van der Waals surface area (Å²) in [5, 5.41) is 11.6. The molecule has 0 radical (unpaired) electrons. The van der Waals surface area contributed by atoms with Crippen molar-refractivity contribution < 1.29 is 14.7 Å². The van der Waals surface area contributed by atoms with Gasteiger partial charge in [-0.2, -0.15) is 0 Å². The first-order valence-electron chi connectivity index (χ1n) is 5.73. The van der Waals surface area contributed by atoms with Crippen LogP contribution in [0.4, 0.5) is 4.79 Å². The van der Waals surface area contributed by atoms with E-state index >= 15 is 0 Å². The molecule has 1 saturated carbocycles. The number of nitrogens with zero attached hydrogens (tertiary/aromatic N) is 1.